The van der Waals surface area contributed by atoms with Crippen LogP contribution in [0.25, 0.3) is 0 Å². The molecule has 0 aliphatic carbocycles. The summed E-state index contributed by atoms with van der Waals surface area (Å²) >= 11 is 0. The summed E-state index contributed by atoms with van der Waals surface area (Å²) < 4.78 is 104. The number of sulfonamides is 1. The molecule has 1 N–H and O–H groups in total. The second-order valence-corrected chi connectivity index (χ2v) is 6.05. The molecule has 0 amide bonds. The van der Waals surface area contributed by atoms with Crippen LogP contribution < -0.4 is 4.72 Å². The molecule has 0 spiro atoms. The highest BCUT2D eigenvalue weighted by Gasteiger charge is 2.33. The molecule has 0 radical (unpaired) electrons. The van der Waals surface area contributed by atoms with Gasteiger partial charge in [0, 0.05) is 6.54 Å². The maximum absolute atomic E-state index is 13.5. The number of benzene rings is 2. The minimum atomic E-state index is -5.03. The molecule has 23 heavy (non-hydrogen) atoms. The zero-order valence-corrected chi connectivity index (χ0v) is 11.8. The van der Waals surface area contributed by atoms with Crippen molar-refractivity contribution in [1.82, 2.24) is 4.72 Å². The van der Waals surface area contributed by atoms with Gasteiger partial charge in [0.05, 0.1) is 0 Å². The first-order valence-electron chi connectivity index (χ1n) is 5.90. The summed E-state index contributed by atoms with van der Waals surface area (Å²) in [6, 6.07) is 4.36. The van der Waals surface area contributed by atoms with Gasteiger partial charge in [-0.25, -0.2) is 39.5 Å². The lowest BCUT2D eigenvalue weighted by atomic mass is 10.2. The van der Waals surface area contributed by atoms with Crippen molar-refractivity contribution >= 4 is 10.0 Å². The summed E-state index contributed by atoms with van der Waals surface area (Å²) in [7, 11) is -5.03. The Labute approximate surface area is 126 Å². The van der Waals surface area contributed by atoms with Gasteiger partial charge in [-0.05, 0) is 17.7 Å². The molecular weight excluding hydrogens is 348 g/mol. The van der Waals surface area contributed by atoms with Crippen LogP contribution in [0.15, 0.2) is 29.2 Å². The number of hydrogen-bond donors (Lipinski definition) is 1. The average Bonchev–Trinajstić information content (AvgIpc) is 2.50. The van der Waals surface area contributed by atoms with E-state index < -0.39 is 56.4 Å². The zero-order chi connectivity index (χ0) is 17.4. The fourth-order valence-electron chi connectivity index (χ4n) is 1.67. The highest BCUT2D eigenvalue weighted by molar-refractivity contribution is 7.89. The van der Waals surface area contributed by atoms with Gasteiger partial charge in [0.25, 0.3) is 0 Å². The van der Waals surface area contributed by atoms with Crippen LogP contribution in [0.3, 0.4) is 0 Å². The van der Waals surface area contributed by atoms with Crippen LogP contribution in [0, 0.1) is 34.9 Å². The molecule has 124 valence electrons. The minimum Gasteiger partial charge on any atom is -0.207 e. The number of rotatable bonds is 4. The van der Waals surface area contributed by atoms with E-state index in [-0.39, 0.29) is 5.56 Å². The normalized spacial score (nSPS) is 11.7. The minimum absolute atomic E-state index is 0.207. The van der Waals surface area contributed by atoms with Gasteiger partial charge in [-0.2, -0.15) is 0 Å². The van der Waals surface area contributed by atoms with Crippen molar-refractivity contribution < 1.29 is 34.8 Å². The van der Waals surface area contributed by atoms with Gasteiger partial charge >= 0.3 is 0 Å². The smallest absolute Gasteiger partial charge is 0.207 e. The molecule has 0 unspecified atom stereocenters. The van der Waals surface area contributed by atoms with Crippen LogP contribution in [0.1, 0.15) is 5.56 Å². The Kier molecular flexibility index (Phi) is 4.66. The second kappa shape index (κ2) is 6.20. The standard InChI is InChI=1S/C13H7F6NO2S/c14-7-3-1-6(2-4-7)5-20-23(21,22)13-11(18)9(16)8(15)10(17)12(13)19/h1-4,20H,5H2. The summed E-state index contributed by atoms with van der Waals surface area (Å²) in [5.41, 5.74) is 0.207. The van der Waals surface area contributed by atoms with E-state index in [9.17, 15) is 34.8 Å². The first-order chi connectivity index (χ1) is 10.6. The summed E-state index contributed by atoms with van der Waals surface area (Å²) in [5, 5.41) is 0. The number of nitrogens with one attached hydrogen (secondary N) is 1. The van der Waals surface area contributed by atoms with E-state index in [4.69, 9.17) is 0 Å². The first-order valence-corrected chi connectivity index (χ1v) is 7.39. The maximum Gasteiger partial charge on any atom is 0.246 e. The highest BCUT2D eigenvalue weighted by atomic mass is 32.2. The Morgan fingerprint density at radius 1 is 0.739 bits per heavy atom. The molecule has 0 aliphatic rings. The molecule has 0 fully saturated rings. The first kappa shape index (κ1) is 17.3. The van der Waals surface area contributed by atoms with Crippen LogP contribution in [-0.4, -0.2) is 8.42 Å². The largest absolute Gasteiger partial charge is 0.246 e. The predicted molar refractivity (Wildman–Crippen MR) is 66.7 cm³/mol. The third kappa shape index (κ3) is 3.32. The van der Waals surface area contributed by atoms with Crippen LogP contribution in [0.4, 0.5) is 26.3 Å². The van der Waals surface area contributed by atoms with Crippen molar-refractivity contribution in [3.8, 4) is 0 Å². The summed E-state index contributed by atoms with van der Waals surface area (Å²) in [5.74, 6) is -12.7. The van der Waals surface area contributed by atoms with E-state index >= 15 is 0 Å². The lowest BCUT2D eigenvalue weighted by Gasteiger charge is -2.10. The molecule has 3 nitrogen and oxygen atoms in total. The molecule has 0 saturated carbocycles. The highest BCUT2D eigenvalue weighted by Crippen LogP contribution is 2.26. The Morgan fingerprint density at radius 2 is 1.17 bits per heavy atom. The van der Waals surface area contributed by atoms with E-state index in [1.165, 1.54) is 12.1 Å². The maximum atomic E-state index is 13.5. The molecule has 2 rings (SSSR count). The van der Waals surface area contributed by atoms with Crippen molar-refractivity contribution in [3.05, 3.63) is 64.7 Å². The third-order valence-electron chi connectivity index (χ3n) is 2.82. The second-order valence-electron chi connectivity index (χ2n) is 4.35. The zero-order valence-electron chi connectivity index (χ0n) is 11.0. The van der Waals surface area contributed by atoms with Crippen molar-refractivity contribution in [1.29, 1.82) is 0 Å². The fourth-order valence-corrected chi connectivity index (χ4v) is 2.83. The molecule has 0 atom stereocenters. The molecule has 0 saturated heterocycles. The third-order valence-corrected chi connectivity index (χ3v) is 4.24. The quantitative estimate of drug-likeness (QED) is 0.521. The van der Waals surface area contributed by atoms with Gasteiger partial charge in [-0.1, -0.05) is 12.1 Å². The monoisotopic (exact) mass is 355 g/mol. The molecule has 0 bridgehead atoms. The topological polar surface area (TPSA) is 46.2 Å². The van der Waals surface area contributed by atoms with Crippen LogP contribution in [0.5, 0.6) is 0 Å². The molecule has 0 aromatic heterocycles. The van der Waals surface area contributed by atoms with E-state index in [0.29, 0.717) is 0 Å². The predicted octanol–water partition coefficient (Wildman–Crippen LogP) is 3.00. The van der Waals surface area contributed by atoms with Crippen LogP contribution in [-0.2, 0) is 16.6 Å². The number of halogens is 6. The molecular formula is C13H7F6NO2S. The summed E-state index contributed by atoms with van der Waals surface area (Å²) in [6.45, 7) is -0.540. The fraction of sp³-hybridized carbons (Fsp3) is 0.0769. The lowest BCUT2D eigenvalue weighted by molar-refractivity contribution is 0.357. The van der Waals surface area contributed by atoms with E-state index in [0.717, 1.165) is 12.1 Å². The number of hydrogen-bond acceptors (Lipinski definition) is 2. The van der Waals surface area contributed by atoms with Gasteiger partial charge in [-0.15, -0.1) is 0 Å². The van der Waals surface area contributed by atoms with Crippen molar-refractivity contribution in [3.63, 3.8) is 0 Å². The lowest BCUT2D eigenvalue weighted by Crippen LogP contribution is -2.26. The summed E-state index contributed by atoms with van der Waals surface area (Å²) in [6.07, 6.45) is 0. The van der Waals surface area contributed by atoms with E-state index in [1.54, 1.807) is 4.72 Å². The van der Waals surface area contributed by atoms with Crippen molar-refractivity contribution in [2.24, 2.45) is 0 Å². The molecule has 2 aromatic rings. The average molecular weight is 355 g/mol. The molecule has 0 heterocycles. The molecule has 10 heteroatoms. The Hall–Kier alpha value is -2.07. The van der Waals surface area contributed by atoms with Crippen molar-refractivity contribution in [2.45, 2.75) is 11.4 Å². The van der Waals surface area contributed by atoms with Crippen LogP contribution in [0.2, 0.25) is 0 Å². The molecule has 2 aromatic carbocycles. The van der Waals surface area contributed by atoms with Gasteiger partial charge in [-0.3, -0.25) is 0 Å². The van der Waals surface area contributed by atoms with Gasteiger partial charge in [0.1, 0.15) is 5.82 Å². The van der Waals surface area contributed by atoms with Crippen molar-refractivity contribution in [2.75, 3.05) is 0 Å². The van der Waals surface area contributed by atoms with Gasteiger partial charge in [0.15, 0.2) is 28.2 Å². The SMILES string of the molecule is O=S(=O)(NCc1ccc(F)cc1)c1c(F)c(F)c(F)c(F)c1F. The van der Waals surface area contributed by atoms with Gasteiger partial charge < -0.3 is 0 Å². The van der Waals surface area contributed by atoms with E-state index in [1.807, 2.05) is 0 Å². The molecule has 0 aliphatic heterocycles. The van der Waals surface area contributed by atoms with Gasteiger partial charge in [0.2, 0.25) is 15.8 Å². The van der Waals surface area contributed by atoms with Crippen LogP contribution >= 0.6 is 0 Å². The Morgan fingerprint density at radius 3 is 1.65 bits per heavy atom. The Balaban J connectivity index is 2.39. The Bertz CT molecular complexity index is 823. The summed E-state index contributed by atoms with van der Waals surface area (Å²) in [4.78, 5) is -1.98. The van der Waals surface area contributed by atoms with E-state index in [2.05, 4.69) is 0 Å².